The molecule has 0 aliphatic carbocycles. The summed E-state index contributed by atoms with van der Waals surface area (Å²) in [6.07, 6.45) is 0.141. The number of aliphatic hydroxyl groups is 1. The summed E-state index contributed by atoms with van der Waals surface area (Å²) in [5, 5.41) is 11.2. The molecular formula is C28H28NO4PS. The molecule has 1 N–H and O–H groups in total. The number of para-hydroxylation sites is 1. The number of nitrogens with zero attached hydrogens (tertiary/aromatic N) is 1. The van der Waals surface area contributed by atoms with Crippen molar-refractivity contribution in [2.24, 2.45) is 0 Å². The van der Waals surface area contributed by atoms with Gasteiger partial charge in [-0.1, -0.05) is 96.6 Å². The van der Waals surface area contributed by atoms with Crippen molar-refractivity contribution < 1.29 is 18.1 Å². The lowest BCUT2D eigenvalue weighted by Gasteiger charge is -2.28. The van der Waals surface area contributed by atoms with Crippen LogP contribution in [0.1, 0.15) is 11.1 Å². The Morgan fingerprint density at radius 3 is 1.80 bits per heavy atom. The van der Waals surface area contributed by atoms with Crippen LogP contribution in [-0.2, 0) is 20.8 Å². The molecule has 7 heteroatoms. The van der Waals surface area contributed by atoms with Crippen LogP contribution >= 0.6 is 7.14 Å². The molecule has 0 saturated carbocycles. The minimum Gasteiger partial charge on any atom is -0.394 e. The van der Waals surface area contributed by atoms with Crippen LogP contribution in [0.3, 0.4) is 0 Å². The highest BCUT2D eigenvalue weighted by molar-refractivity contribution is 7.92. The van der Waals surface area contributed by atoms with Gasteiger partial charge in [0.15, 0.2) is 0 Å². The topological polar surface area (TPSA) is 74.7 Å². The number of benzene rings is 4. The van der Waals surface area contributed by atoms with Crippen LogP contribution in [0.15, 0.2) is 114 Å². The lowest BCUT2D eigenvalue weighted by Crippen LogP contribution is -2.34. The highest BCUT2D eigenvalue weighted by Gasteiger charge is 2.31. The van der Waals surface area contributed by atoms with E-state index in [2.05, 4.69) is 0 Å². The smallest absolute Gasteiger partial charge is 0.264 e. The zero-order chi connectivity index (χ0) is 24.9. The summed E-state index contributed by atoms with van der Waals surface area (Å²) in [6, 6.07) is 32.3. The Labute approximate surface area is 207 Å². The second kappa shape index (κ2) is 10.6. The second-order valence-electron chi connectivity index (χ2n) is 8.31. The third-order valence-corrected chi connectivity index (χ3v) is 10.8. The quantitative estimate of drug-likeness (QED) is 0.335. The maximum Gasteiger partial charge on any atom is 0.264 e. The summed E-state index contributed by atoms with van der Waals surface area (Å²) in [5.74, 6) is 0. The molecule has 5 nitrogen and oxygen atoms in total. The molecule has 0 saturated heterocycles. The molecule has 0 radical (unpaired) electrons. The zero-order valence-electron chi connectivity index (χ0n) is 19.5. The number of rotatable bonds is 9. The first-order chi connectivity index (χ1) is 16.9. The summed E-state index contributed by atoms with van der Waals surface area (Å²) in [4.78, 5) is 0.139. The Morgan fingerprint density at radius 1 is 0.743 bits per heavy atom. The van der Waals surface area contributed by atoms with Gasteiger partial charge in [0.2, 0.25) is 0 Å². The molecule has 180 valence electrons. The van der Waals surface area contributed by atoms with Crippen molar-refractivity contribution in [2.45, 2.75) is 18.0 Å². The van der Waals surface area contributed by atoms with E-state index in [-0.39, 0.29) is 24.2 Å². The summed E-state index contributed by atoms with van der Waals surface area (Å²) in [5.41, 5.74) is 1.99. The number of anilines is 1. The highest BCUT2D eigenvalue weighted by atomic mass is 32.2. The van der Waals surface area contributed by atoms with Crippen LogP contribution in [0.5, 0.6) is 0 Å². The van der Waals surface area contributed by atoms with Crippen molar-refractivity contribution in [3.63, 3.8) is 0 Å². The van der Waals surface area contributed by atoms with Crippen molar-refractivity contribution in [2.75, 3.05) is 17.5 Å². The lowest BCUT2D eigenvalue weighted by molar-refractivity contribution is 0.306. The fourth-order valence-electron chi connectivity index (χ4n) is 4.10. The third-order valence-electron chi connectivity index (χ3n) is 5.91. The number of hydrogen-bond acceptors (Lipinski definition) is 4. The maximum atomic E-state index is 14.7. The minimum absolute atomic E-state index is 0.117. The summed E-state index contributed by atoms with van der Waals surface area (Å²) < 4.78 is 43.1. The lowest BCUT2D eigenvalue weighted by atomic mass is 10.2. The van der Waals surface area contributed by atoms with E-state index in [1.54, 1.807) is 36.4 Å². The number of aryl methyl sites for hydroxylation is 1. The Hall–Kier alpha value is -3.18. The molecule has 4 aromatic carbocycles. The van der Waals surface area contributed by atoms with Crippen molar-refractivity contribution >= 4 is 33.5 Å². The third kappa shape index (κ3) is 5.25. The fraction of sp³-hybridized carbons (Fsp3) is 0.143. The molecule has 0 amide bonds. The average Bonchev–Trinajstić information content (AvgIpc) is 2.89. The van der Waals surface area contributed by atoms with Crippen LogP contribution in [0.2, 0.25) is 0 Å². The van der Waals surface area contributed by atoms with Gasteiger partial charge < -0.3 is 9.67 Å². The number of aliphatic hydroxyl groups excluding tert-OH is 1. The normalized spacial score (nSPS) is 11.8. The van der Waals surface area contributed by atoms with Gasteiger partial charge in [-0.2, -0.15) is 0 Å². The van der Waals surface area contributed by atoms with E-state index < -0.39 is 17.2 Å². The van der Waals surface area contributed by atoms with E-state index in [0.29, 0.717) is 21.9 Å². The van der Waals surface area contributed by atoms with E-state index >= 15 is 0 Å². The van der Waals surface area contributed by atoms with Crippen LogP contribution in [0, 0.1) is 6.92 Å². The van der Waals surface area contributed by atoms with E-state index in [0.717, 1.165) is 5.56 Å². The van der Waals surface area contributed by atoms with Crippen molar-refractivity contribution in [1.29, 1.82) is 0 Å². The van der Waals surface area contributed by atoms with Crippen molar-refractivity contribution in [3.8, 4) is 0 Å². The van der Waals surface area contributed by atoms with Crippen LogP contribution in [0.25, 0.3) is 0 Å². The Morgan fingerprint density at radius 2 is 1.26 bits per heavy atom. The van der Waals surface area contributed by atoms with Crippen LogP contribution in [0.4, 0.5) is 5.69 Å². The zero-order valence-corrected chi connectivity index (χ0v) is 21.2. The minimum atomic E-state index is -3.96. The van der Waals surface area contributed by atoms with Gasteiger partial charge in [-0.3, -0.25) is 4.31 Å². The first-order valence-electron chi connectivity index (χ1n) is 11.3. The van der Waals surface area contributed by atoms with Gasteiger partial charge in [-0.05, 0) is 30.7 Å². The molecule has 4 rings (SSSR count). The van der Waals surface area contributed by atoms with E-state index in [9.17, 15) is 18.1 Å². The van der Waals surface area contributed by atoms with Gasteiger partial charge in [0, 0.05) is 16.8 Å². The summed E-state index contributed by atoms with van der Waals surface area (Å²) in [7, 11) is -7.10. The largest absolute Gasteiger partial charge is 0.394 e. The van der Waals surface area contributed by atoms with E-state index in [1.165, 1.54) is 4.31 Å². The summed E-state index contributed by atoms with van der Waals surface area (Å²) >= 11 is 0. The maximum absolute atomic E-state index is 14.7. The van der Waals surface area contributed by atoms with Crippen LogP contribution in [-0.4, -0.2) is 26.7 Å². The van der Waals surface area contributed by atoms with E-state index in [1.807, 2.05) is 79.7 Å². The predicted octanol–water partition coefficient (Wildman–Crippen LogP) is 4.70. The average molecular weight is 506 g/mol. The molecule has 0 aliphatic heterocycles. The first kappa shape index (κ1) is 24.9. The van der Waals surface area contributed by atoms with E-state index in [4.69, 9.17) is 0 Å². The molecule has 0 unspecified atom stereocenters. The molecule has 0 fully saturated rings. The molecule has 0 heterocycles. The monoisotopic (exact) mass is 505 g/mol. The fourth-order valence-corrected chi connectivity index (χ4v) is 8.31. The molecule has 0 bridgehead atoms. The van der Waals surface area contributed by atoms with Gasteiger partial charge in [0.25, 0.3) is 10.0 Å². The van der Waals surface area contributed by atoms with Gasteiger partial charge in [0.05, 0.1) is 23.7 Å². The number of hydrogen-bond donors (Lipinski definition) is 1. The molecular weight excluding hydrogens is 477 g/mol. The van der Waals surface area contributed by atoms with Gasteiger partial charge >= 0.3 is 0 Å². The van der Waals surface area contributed by atoms with Gasteiger partial charge in [-0.15, -0.1) is 0 Å². The van der Waals surface area contributed by atoms with Crippen molar-refractivity contribution in [3.05, 3.63) is 120 Å². The Balaban J connectivity index is 1.84. The standard InChI is InChI=1S/C28H28NO4PS/c1-23-16-18-27(19-17-23)35(32,33)29(20-21-30)28-15-9-8-10-24(28)22-34(31,25-11-4-2-5-12-25)26-13-6-3-7-14-26/h2-19,30H,20-22H2,1H3. The number of sulfonamides is 1. The second-order valence-corrected chi connectivity index (χ2v) is 13.0. The molecule has 0 aromatic heterocycles. The highest BCUT2D eigenvalue weighted by Crippen LogP contribution is 2.48. The van der Waals surface area contributed by atoms with Crippen LogP contribution < -0.4 is 14.9 Å². The predicted molar refractivity (Wildman–Crippen MR) is 143 cm³/mol. The summed E-state index contributed by atoms with van der Waals surface area (Å²) in [6.45, 7) is 1.42. The SMILES string of the molecule is Cc1ccc(S(=O)(=O)N(CCO)c2ccccc2CP(=O)(c2ccccc2)c2ccccc2)cc1. The first-order valence-corrected chi connectivity index (χ1v) is 14.7. The molecule has 0 spiro atoms. The molecule has 0 aliphatic rings. The molecule has 4 aromatic rings. The Bertz CT molecular complexity index is 1380. The van der Waals surface area contributed by atoms with Gasteiger partial charge in [0.1, 0.15) is 7.14 Å². The molecule has 0 atom stereocenters. The van der Waals surface area contributed by atoms with Gasteiger partial charge in [-0.25, -0.2) is 8.42 Å². The Kier molecular flexibility index (Phi) is 7.56. The molecule has 35 heavy (non-hydrogen) atoms. The van der Waals surface area contributed by atoms with Crippen molar-refractivity contribution in [1.82, 2.24) is 0 Å².